The molecular formula is C23H27NO5S. The van der Waals surface area contributed by atoms with E-state index in [1.54, 1.807) is 13.8 Å². The monoisotopic (exact) mass is 429 g/mol. The average molecular weight is 430 g/mol. The molecule has 3 rings (SSSR count). The second-order valence-corrected chi connectivity index (χ2v) is 8.91. The zero-order chi connectivity index (χ0) is 21.7. The molecule has 1 aliphatic rings. The van der Waals surface area contributed by atoms with Gasteiger partial charge >= 0.3 is 11.9 Å². The van der Waals surface area contributed by atoms with Gasteiger partial charge in [-0.25, -0.2) is 4.79 Å². The summed E-state index contributed by atoms with van der Waals surface area (Å²) in [5.41, 5.74) is 2.71. The third kappa shape index (κ3) is 5.48. The molecule has 0 aliphatic heterocycles. The van der Waals surface area contributed by atoms with Crippen LogP contribution in [-0.4, -0.2) is 29.1 Å². The van der Waals surface area contributed by atoms with Crippen LogP contribution in [0, 0.1) is 0 Å². The highest BCUT2D eigenvalue weighted by atomic mass is 32.1. The predicted octanol–water partition coefficient (Wildman–Crippen LogP) is 4.78. The number of carboxylic acids is 1. The van der Waals surface area contributed by atoms with Crippen molar-refractivity contribution in [3.05, 3.63) is 51.9 Å². The Hall–Kier alpha value is -2.67. The summed E-state index contributed by atoms with van der Waals surface area (Å²) in [6, 6.07) is 10.3. The van der Waals surface area contributed by atoms with Crippen molar-refractivity contribution in [1.82, 2.24) is 0 Å². The van der Waals surface area contributed by atoms with E-state index in [4.69, 9.17) is 9.84 Å². The van der Waals surface area contributed by atoms with Crippen LogP contribution in [0.25, 0.3) is 0 Å². The van der Waals surface area contributed by atoms with Crippen LogP contribution in [0.3, 0.4) is 0 Å². The summed E-state index contributed by atoms with van der Waals surface area (Å²) in [6.07, 6.45) is 2.54. The van der Waals surface area contributed by atoms with E-state index in [9.17, 15) is 14.4 Å². The lowest BCUT2D eigenvalue weighted by atomic mass is 9.83. The van der Waals surface area contributed by atoms with Crippen molar-refractivity contribution < 1.29 is 24.2 Å². The van der Waals surface area contributed by atoms with Crippen molar-refractivity contribution >= 4 is 34.2 Å². The number of fused-ring (bicyclic) bond motifs is 1. The van der Waals surface area contributed by atoms with E-state index in [0.29, 0.717) is 16.5 Å². The van der Waals surface area contributed by atoms with Crippen LogP contribution < -0.4 is 5.32 Å². The zero-order valence-corrected chi connectivity index (χ0v) is 18.1. The average Bonchev–Trinajstić information content (AvgIpc) is 3.04. The lowest BCUT2D eigenvalue weighted by molar-refractivity contribution is -0.137. The summed E-state index contributed by atoms with van der Waals surface area (Å²) in [7, 11) is 0. The van der Waals surface area contributed by atoms with Crippen molar-refractivity contribution in [2.75, 3.05) is 5.32 Å². The maximum Gasteiger partial charge on any atom is 0.341 e. The number of carboxylic acid groups (broad SMARTS) is 1. The molecule has 0 saturated heterocycles. The maximum atomic E-state index is 12.8. The quantitative estimate of drug-likeness (QED) is 0.589. The number of carbonyl (C=O) groups is 3. The van der Waals surface area contributed by atoms with Crippen LogP contribution in [-0.2, 0) is 27.2 Å². The van der Waals surface area contributed by atoms with E-state index in [1.165, 1.54) is 16.9 Å². The topological polar surface area (TPSA) is 92.7 Å². The van der Waals surface area contributed by atoms with Gasteiger partial charge in [-0.2, -0.15) is 0 Å². The molecule has 1 heterocycles. The number of esters is 1. The molecule has 1 amide bonds. The molecule has 1 atom stereocenters. The number of anilines is 1. The Morgan fingerprint density at radius 3 is 2.60 bits per heavy atom. The number of amides is 1. The van der Waals surface area contributed by atoms with Crippen LogP contribution in [0.1, 0.15) is 71.8 Å². The minimum absolute atomic E-state index is 0.0602. The summed E-state index contributed by atoms with van der Waals surface area (Å²) in [6.45, 7) is 3.60. The highest BCUT2D eigenvalue weighted by Gasteiger charge is 2.31. The highest BCUT2D eigenvalue weighted by molar-refractivity contribution is 7.17. The predicted molar refractivity (Wildman–Crippen MR) is 116 cm³/mol. The van der Waals surface area contributed by atoms with Gasteiger partial charge < -0.3 is 15.2 Å². The first kappa shape index (κ1) is 22.0. The summed E-state index contributed by atoms with van der Waals surface area (Å²) in [5, 5.41) is 12.1. The fraction of sp³-hybridized carbons (Fsp3) is 0.435. The molecule has 0 fully saturated rings. The van der Waals surface area contributed by atoms with Gasteiger partial charge in [0.15, 0.2) is 0 Å². The largest absolute Gasteiger partial charge is 0.481 e. The summed E-state index contributed by atoms with van der Waals surface area (Å²) < 4.78 is 5.45. The van der Waals surface area contributed by atoms with Crippen molar-refractivity contribution in [3.63, 3.8) is 0 Å². The molecule has 0 spiro atoms. The van der Waals surface area contributed by atoms with Crippen LogP contribution in [0.4, 0.5) is 5.00 Å². The first-order chi connectivity index (χ1) is 14.3. The van der Waals surface area contributed by atoms with Crippen molar-refractivity contribution in [2.24, 2.45) is 0 Å². The molecule has 2 aromatic rings. The Morgan fingerprint density at radius 2 is 1.93 bits per heavy atom. The lowest BCUT2D eigenvalue weighted by Crippen LogP contribution is -2.18. The third-order valence-electron chi connectivity index (χ3n) is 5.13. The van der Waals surface area contributed by atoms with E-state index < -0.39 is 11.9 Å². The molecule has 0 saturated carbocycles. The minimum Gasteiger partial charge on any atom is -0.481 e. The van der Waals surface area contributed by atoms with E-state index >= 15 is 0 Å². The lowest BCUT2D eigenvalue weighted by Gasteiger charge is -2.23. The molecule has 6 nitrogen and oxygen atoms in total. The number of benzene rings is 1. The van der Waals surface area contributed by atoms with Crippen LogP contribution >= 0.6 is 11.3 Å². The van der Waals surface area contributed by atoms with Crippen molar-refractivity contribution in [3.8, 4) is 0 Å². The molecule has 1 aromatic heterocycles. The van der Waals surface area contributed by atoms with E-state index in [2.05, 4.69) is 17.4 Å². The van der Waals surface area contributed by atoms with Gasteiger partial charge in [0.05, 0.1) is 11.7 Å². The Balaban J connectivity index is 1.83. The first-order valence-corrected chi connectivity index (χ1v) is 11.1. The Labute approximate surface area is 180 Å². The second-order valence-electron chi connectivity index (χ2n) is 7.81. The fourth-order valence-corrected chi connectivity index (χ4v) is 5.09. The van der Waals surface area contributed by atoms with Crippen LogP contribution in [0.2, 0.25) is 0 Å². The third-order valence-corrected chi connectivity index (χ3v) is 6.30. The van der Waals surface area contributed by atoms with Gasteiger partial charge in [0.1, 0.15) is 5.00 Å². The second kappa shape index (κ2) is 9.89. The molecule has 1 aromatic carbocycles. The smallest absolute Gasteiger partial charge is 0.341 e. The Morgan fingerprint density at radius 1 is 1.20 bits per heavy atom. The molecule has 160 valence electrons. The summed E-state index contributed by atoms with van der Waals surface area (Å²) >= 11 is 1.43. The number of hydrogen-bond donors (Lipinski definition) is 2. The van der Waals surface area contributed by atoms with Gasteiger partial charge in [0.2, 0.25) is 5.91 Å². The van der Waals surface area contributed by atoms with E-state index in [-0.39, 0.29) is 31.3 Å². The highest BCUT2D eigenvalue weighted by Crippen LogP contribution is 2.43. The van der Waals surface area contributed by atoms with E-state index in [0.717, 1.165) is 29.7 Å². The van der Waals surface area contributed by atoms with Gasteiger partial charge in [-0.15, -0.1) is 11.3 Å². The van der Waals surface area contributed by atoms with Crippen molar-refractivity contribution in [2.45, 2.75) is 64.4 Å². The molecule has 1 aliphatic carbocycles. The van der Waals surface area contributed by atoms with Crippen LogP contribution in [0.15, 0.2) is 30.3 Å². The molecular weight excluding hydrogens is 402 g/mol. The molecule has 0 bridgehead atoms. The van der Waals surface area contributed by atoms with E-state index in [1.807, 2.05) is 18.2 Å². The molecule has 7 heteroatoms. The normalized spacial score (nSPS) is 15.5. The zero-order valence-electron chi connectivity index (χ0n) is 17.3. The van der Waals surface area contributed by atoms with Gasteiger partial charge in [0, 0.05) is 17.7 Å². The van der Waals surface area contributed by atoms with Crippen LogP contribution in [0.5, 0.6) is 0 Å². The summed E-state index contributed by atoms with van der Waals surface area (Å²) in [5.74, 6) is -1.25. The molecule has 0 unspecified atom stereocenters. The number of hydrogen-bond acceptors (Lipinski definition) is 5. The van der Waals surface area contributed by atoms with Gasteiger partial charge in [0.25, 0.3) is 0 Å². The number of nitrogens with one attached hydrogen (secondary N) is 1. The van der Waals surface area contributed by atoms with Gasteiger partial charge in [-0.05, 0) is 56.6 Å². The molecule has 0 radical (unpaired) electrons. The van der Waals surface area contributed by atoms with Gasteiger partial charge in [-0.3, -0.25) is 9.59 Å². The van der Waals surface area contributed by atoms with Crippen molar-refractivity contribution in [1.29, 1.82) is 0 Å². The Kier molecular flexibility index (Phi) is 7.26. The standard InChI is InChI=1S/C23H27NO5S/c1-14(2)29-23(28)21-17-12-11-16(15-7-4-3-5-8-15)13-18(17)30-22(21)24-19(25)9-6-10-20(26)27/h3-5,7-8,14,16H,6,9-13H2,1-2H3,(H,24,25)(H,26,27)/t16-/m1/s1. The number of ether oxygens (including phenoxy) is 1. The number of carbonyl (C=O) groups excluding carboxylic acids is 2. The maximum absolute atomic E-state index is 12.8. The molecule has 2 N–H and O–H groups in total. The first-order valence-electron chi connectivity index (χ1n) is 10.3. The molecule has 30 heavy (non-hydrogen) atoms. The number of aliphatic carboxylic acids is 1. The number of rotatable bonds is 8. The number of thiophene rings is 1. The fourth-order valence-electron chi connectivity index (χ4n) is 3.76. The summed E-state index contributed by atoms with van der Waals surface area (Å²) in [4.78, 5) is 36.9. The van der Waals surface area contributed by atoms with Gasteiger partial charge in [-0.1, -0.05) is 30.3 Å². The SMILES string of the molecule is CC(C)OC(=O)c1c(NC(=O)CCCC(=O)O)sc2c1CC[C@@H](c1ccccc1)C2. The minimum atomic E-state index is -0.928. The Bertz CT molecular complexity index is 919.